The average Bonchev–Trinajstić information content (AvgIpc) is 3.37. The van der Waals surface area contributed by atoms with E-state index >= 15 is 0 Å². The fourth-order valence-electron chi connectivity index (χ4n) is 5.66. The Balaban J connectivity index is 1.56. The van der Waals surface area contributed by atoms with E-state index < -0.39 is 29.9 Å². The van der Waals surface area contributed by atoms with Gasteiger partial charge in [-0.2, -0.15) is 0 Å². The normalized spacial score (nSPS) is 25.3. The van der Waals surface area contributed by atoms with Crippen molar-refractivity contribution in [1.82, 2.24) is 9.80 Å². The molecule has 3 heterocycles. The number of carboxylic acids is 1. The molecular formula is C26H31N3O7. The summed E-state index contributed by atoms with van der Waals surface area (Å²) in [6.45, 7) is 3.05. The van der Waals surface area contributed by atoms with E-state index in [4.69, 9.17) is 24.7 Å². The van der Waals surface area contributed by atoms with E-state index in [1.165, 1.54) is 0 Å². The summed E-state index contributed by atoms with van der Waals surface area (Å²) in [6.07, 6.45) is -0.666. The number of carbonyl (C=O) groups excluding carboxylic acids is 1. The van der Waals surface area contributed by atoms with Crippen LogP contribution in [-0.2, 0) is 14.3 Å². The quantitative estimate of drug-likeness (QED) is 0.585. The fourth-order valence-corrected chi connectivity index (χ4v) is 5.66. The summed E-state index contributed by atoms with van der Waals surface area (Å²) in [7, 11) is 1.59. The summed E-state index contributed by atoms with van der Waals surface area (Å²) in [4.78, 5) is 29.6. The van der Waals surface area contributed by atoms with Gasteiger partial charge in [0.15, 0.2) is 11.5 Å². The van der Waals surface area contributed by atoms with Gasteiger partial charge in [0.1, 0.15) is 11.9 Å². The number of nitrogens with zero attached hydrogens (tertiary/aromatic N) is 2. The van der Waals surface area contributed by atoms with E-state index in [1.807, 2.05) is 52.3 Å². The Morgan fingerprint density at radius 3 is 2.25 bits per heavy atom. The van der Waals surface area contributed by atoms with Crippen LogP contribution in [0.15, 0.2) is 42.5 Å². The first-order chi connectivity index (χ1) is 17.5. The van der Waals surface area contributed by atoms with Crippen molar-refractivity contribution in [2.75, 3.05) is 53.3 Å². The number of morpholine rings is 1. The second-order valence-corrected chi connectivity index (χ2v) is 9.34. The monoisotopic (exact) mass is 497 g/mol. The molecule has 0 aromatic heterocycles. The first kappa shape index (κ1) is 24.4. The Labute approximate surface area is 209 Å². The Hall–Kier alpha value is -3.34. The average molecular weight is 498 g/mol. The molecular weight excluding hydrogens is 466 g/mol. The lowest BCUT2D eigenvalue weighted by Gasteiger charge is -2.47. The number of primary amides is 1. The van der Waals surface area contributed by atoms with E-state index in [1.54, 1.807) is 7.11 Å². The van der Waals surface area contributed by atoms with Gasteiger partial charge in [-0.05, 0) is 35.4 Å². The molecule has 2 fully saturated rings. The highest BCUT2D eigenvalue weighted by Crippen LogP contribution is 2.45. The van der Waals surface area contributed by atoms with Gasteiger partial charge in [-0.15, -0.1) is 0 Å². The number of amides is 1. The highest BCUT2D eigenvalue weighted by Gasteiger charge is 2.46. The lowest BCUT2D eigenvalue weighted by atomic mass is 9.71. The summed E-state index contributed by atoms with van der Waals surface area (Å²) in [5, 5.41) is 10.5. The molecule has 192 valence electrons. The summed E-state index contributed by atoms with van der Waals surface area (Å²) < 4.78 is 21.8. The van der Waals surface area contributed by atoms with E-state index in [-0.39, 0.29) is 12.7 Å². The van der Waals surface area contributed by atoms with Crippen LogP contribution < -0.4 is 19.9 Å². The highest BCUT2D eigenvalue weighted by molar-refractivity contribution is 5.80. The summed E-state index contributed by atoms with van der Waals surface area (Å²) in [5.74, 6) is -0.963. The number of likely N-dealkylation sites (tertiary alicyclic amines) is 1. The number of aliphatic carboxylic acids is 1. The Kier molecular flexibility index (Phi) is 6.99. The Bertz CT molecular complexity index is 1100. The van der Waals surface area contributed by atoms with Crippen LogP contribution in [0.4, 0.5) is 0 Å². The molecule has 3 N–H and O–H groups in total. The molecule has 36 heavy (non-hydrogen) atoms. The largest absolute Gasteiger partial charge is 0.497 e. The number of benzene rings is 2. The van der Waals surface area contributed by atoms with Gasteiger partial charge in [-0.1, -0.05) is 18.2 Å². The number of methoxy groups -OCH3 is 1. The third-order valence-electron chi connectivity index (χ3n) is 7.38. The van der Waals surface area contributed by atoms with Crippen LogP contribution in [0.2, 0.25) is 0 Å². The number of piperidine rings is 1. The zero-order chi connectivity index (χ0) is 25.2. The zero-order valence-electron chi connectivity index (χ0n) is 20.2. The molecule has 2 aromatic rings. The maximum atomic E-state index is 12.8. The van der Waals surface area contributed by atoms with Crippen molar-refractivity contribution < 1.29 is 33.6 Å². The zero-order valence-corrected chi connectivity index (χ0v) is 20.2. The molecule has 0 saturated carbocycles. The third kappa shape index (κ3) is 4.71. The molecule has 2 saturated heterocycles. The number of hydrogen-bond donors (Lipinski definition) is 2. The summed E-state index contributed by atoms with van der Waals surface area (Å²) in [6, 6.07) is 13.0. The van der Waals surface area contributed by atoms with E-state index in [9.17, 15) is 14.7 Å². The highest BCUT2D eigenvalue weighted by atomic mass is 16.7. The second-order valence-electron chi connectivity index (χ2n) is 9.34. The number of carbonyl (C=O) groups is 2. The predicted molar refractivity (Wildman–Crippen MR) is 129 cm³/mol. The van der Waals surface area contributed by atoms with Crippen molar-refractivity contribution in [2.45, 2.75) is 18.0 Å². The minimum absolute atomic E-state index is 0.132. The lowest BCUT2D eigenvalue weighted by Crippen LogP contribution is -2.62. The number of rotatable bonds is 7. The molecule has 10 heteroatoms. The van der Waals surface area contributed by atoms with Crippen LogP contribution in [0.25, 0.3) is 0 Å². The van der Waals surface area contributed by atoms with Gasteiger partial charge in [-0.25, -0.2) is 0 Å². The smallest absolute Gasteiger partial charge is 0.307 e. The summed E-state index contributed by atoms with van der Waals surface area (Å²) >= 11 is 0. The SMILES string of the molecule is COc1ccc(C2CN(C(C(N)=O)N3CCOCC3)CC(c3ccc4c(c3)OCO4)C2C(=O)O)cc1. The molecule has 3 aliphatic rings. The number of hydrogen-bond acceptors (Lipinski definition) is 8. The van der Waals surface area contributed by atoms with Crippen LogP contribution in [0.3, 0.4) is 0 Å². The van der Waals surface area contributed by atoms with Crippen molar-refractivity contribution in [2.24, 2.45) is 11.7 Å². The molecule has 10 nitrogen and oxygen atoms in total. The first-order valence-corrected chi connectivity index (χ1v) is 12.1. The molecule has 1 amide bonds. The third-order valence-corrected chi connectivity index (χ3v) is 7.38. The van der Waals surface area contributed by atoms with Gasteiger partial charge in [-0.3, -0.25) is 19.4 Å². The number of fused-ring (bicyclic) bond motifs is 1. The van der Waals surface area contributed by atoms with Gasteiger partial charge < -0.3 is 29.8 Å². The first-order valence-electron chi connectivity index (χ1n) is 12.1. The van der Waals surface area contributed by atoms with E-state index in [0.29, 0.717) is 56.6 Å². The second kappa shape index (κ2) is 10.3. The standard InChI is InChI=1S/C26H31N3O7/c1-33-18-5-2-16(3-6-18)19-13-29(25(24(27)30)28-8-10-34-11-9-28)14-20(23(19)26(31)32)17-4-7-21-22(12-17)36-15-35-21/h2-7,12,19-20,23,25H,8-11,13-15H2,1H3,(H2,27,30)(H,31,32). The molecule has 5 rings (SSSR count). The van der Waals surface area contributed by atoms with Crippen molar-refractivity contribution in [1.29, 1.82) is 0 Å². The number of nitrogens with two attached hydrogens (primary N) is 1. The molecule has 0 radical (unpaired) electrons. The number of carboxylic acid groups (broad SMARTS) is 1. The topological polar surface area (TPSA) is 124 Å². The summed E-state index contributed by atoms with van der Waals surface area (Å²) in [5.41, 5.74) is 7.62. The minimum atomic E-state index is -0.889. The van der Waals surface area contributed by atoms with Crippen molar-refractivity contribution >= 4 is 11.9 Å². The van der Waals surface area contributed by atoms with E-state index in [2.05, 4.69) is 0 Å². The molecule has 3 aliphatic heterocycles. The molecule has 0 aliphatic carbocycles. The van der Waals surface area contributed by atoms with Crippen LogP contribution in [-0.4, -0.2) is 86.2 Å². The molecule has 2 aromatic carbocycles. The number of ether oxygens (including phenoxy) is 4. The van der Waals surface area contributed by atoms with Crippen LogP contribution in [0.1, 0.15) is 23.0 Å². The Morgan fingerprint density at radius 2 is 1.61 bits per heavy atom. The van der Waals surface area contributed by atoms with Crippen molar-refractivity contribution in [3.8, 4) is 17.2 Å². The van der Waals surface area contributed by atoms with Crippen molar-refractivity contribution in [3.05, 3.63) is 53.6 Å². The van der Waals surface area contributed by atoms with Crippen LogP contribution in [0.5, 0.6) is 17.2 Å². The Morgan fingerprint density at radius 1 is 0.972 bits per heavy atom. The minimum Gasteiger partial charge on any atom is -0.497 e. The molecule has 4 atom stereocenters. The van der Waals surface area contributed by atoms with Crippen LogP contribution in [0, 0.1) is 5.92 Å². The van der Waals surface area contributed by atoms with Gasteiger partial charge in [0.25, 0.3) is 0 Å². The van der Waals surface area contributed by atoms with Gasteiger partial charge in [0.05, 0.1) is 26.2 Å². The van der Waals surface area contributed by atoms with Gasteiger partial charge in [0, 0.05) is 38.0 Å². The molecule has 0 spiro atoms. The van der Waals surface area contributed by atoms with Crippen LogP contribution >= 0.6 is 0 Å². The maximum absolute atomic E-state index is 12.8. The maximum Gasteiger partial charge on any atom is 0.307 e. The van der Waals surface area contributed by atoms with Gasteiger partial charge >= 0.3 is 5.97 Å². The lowest BCUT2D eigenvalue weighted by molar-refractivity contribution is -0.148. The van der Waals surface area contributed by atoms with Crippen molar-refractivity contribution in [3.63, 3.8) is 0 Å². The molecule has 4 unspecified atom stereocenters. The fraction of sp³-hybridized carbons (Fsp3) is 0.462. The van der Waals surface area contributed by atoms with E-state index in [0.717, 1.165) is 11.1 Å². The predicted octanol–water partition coefficient (Wildman–Crippen LogP) is 1.45. The van der Waals surface area contributed by atoms with Gasteiger partial charge in [0.2, 0.25) is 12.7 Å². The molecule has 0 bridgehead atoms.